The monoisotopic (exact) mass is 356 g/mol. The van der Waals surface area contributed by atoms with E-state index in [9.17, 15) is 9.90 Å². The Kier molecular flexibility index (Phi) is 6.80. The first-order valence-electron chi connectivity index (χ1n) is 7.47. The SMILES string of the molecule is Cl.O=C(CC1COCCN1)NCC(O)c1cc2ccccc2s1. The molecule has 5 nitrogen and oxygen atoms in total. The summed E-state index contributed by atoms with van der Waals surface area (Å²) < 4.78 is 6.47. The van der Waals surface area contributed by atoms with Crippen LogP contribution in [0.1, 0.15) is 17.4 Å². The number of morpholine rings is 1. The van der Waals surface area contributed by atoms with E-state index in [0.29, 0.717) is 19.6 Å². The molecule has 0 bridgehead atoms. The molecule has 1 saturated heterocycles. The molecular formula is C16H21ClN2O3S. The topological polar surface area (TPSA) is 70.6 Å². The third-order valence-electron chi connectivity index (χ3n) is 3.70. The summed E-state index contributed by atoms with van der Waals surface area (Å²) in [7, 11) is 0. The molecule has 1 aromatic carbocycles. The quantitative estimate of drug-likeness (QED) is 0.764. The Bertz CT molecular complexity index is 610. The molecule has 2 unspecified atom stereocenters. The van der Waals surface area contributed by atoms with Crippen molar-refractivity contribution in [3.8, 4) is 0 Å². The van der Waals surface area contributed by atoms with E-state index >= 15 is 0 Å². The fraction of sp³-hybridized carbons (Fsp3) is 0.438. The van der Waals surface area contributed by atoms with Gasteiger partial charge in [-0.25, -0.2) is 0 Å². The average Bonchev–Trinajstić information content (AvgIpc) is 2.98. The van der Waals surface area contributed by atoms with Crippen LogP contribution < -0.4 is 10.6 Å². The lowest BCUT2D eigenvalue weighted by Gasteiger charge is -2.23. The third-order valence-corrected chi connectivity index (χ3v) is 4.91. The molecule has 1 aliphatic rings. The minimum atomic E-state index is -0.670. The Labute approximate surface area is 145 Å². The second-order valence-electron chi connectivity index (χ2n) is 5.44. The molecule has 126 valence electrons. The summed E-state index contributed by atoms with van der Waals surface area (Å²) >= 11 is 1.56. The molecule has 1 amide bonds. The van der Waals surface area contributed by atoms with E-state index in [1.165, 1.54) is 0 Å². The lowest BCUT2D eigenvalue weighted by molar-refractivity contribution is -0.122. The van der Waals surface area contributed by atoms with Gasteiger partial charge < -0.3 is 20.5 Å². The molecule has 23 heavy (non-hydrogen) atoms. The summed E-state index contributed by atoms with van der Waals surface area (Å²) in [5, 5.41) is 17.4. The summed E-state index contributed by atoms with van der Waals surface area (Å²) in [5.41, 5.74) is 0. The number of rotatable bonds is 5. The highest BCUT2D eigenvalue weighted by atomic mass is 35.5. The minimum absolute atomic E-state index is 0. The smallest absolute Gasteiger partial charge is 0.221 e. The van der Waals surface area contributed by atoms with E-state index in [2.05, 4.69) is 10.6 Å². The van der Waals surface area contributed by atoms with Gasteiger partial charge in [0.15, 0.2) is 0 Å². The second-order valence-corrected chi connectivity index (χ2v) is 6.55. The zero-order chi connectivity index (χ0) is 15.4. The summed E-state index contributed by atoms with van der Waals surface area (Å²) in [5.74, 6) is -0.0665. The van der Waals surface area contributed by atoms with E-state index in [4.69, 9.17) is 4.74 Å². The number of halogens is 1. The van der Waals surface area contributed by atoms with Gasteiger partial charge in [0.2, 0.25) is 5.91 Å². The van der Waals surface area contributed by atoms with Crippen LogP contribution in [-0.2, 0) is 9.53 Å². The molecule has 7 heteroatoms. The first-order valence-corrected chi connectivity index (χ1v) is 8.28. The fourth-order valence-corrected chi connectivity index (χ4v) is 3.58. The minimum Gasteiger partial charge on any atom is -0.386 e. The lowest BCUT2D eigenvalue weighted by atomic mass is 10.2. The molecule has 3 rings (SSSR count). The number of thiophene rings is 1. The molecule has 2 aromatic rings. The largest absolute Gasteiger partial charge is 0.386 e. The number of benzene rings is 1. The van der Waals surface area contributed by atoms with E-state index < -0.39 is 6.10 Å². The Balaban J connectivity index is 0.00000192. The molecule has 2 atom stereocenters. The molecule has 2 heterocycles. The van der Waals surface area contributed by atoms with Crippen LogP contribution in [0.25, 0.3) is 10.1 Å². The number of aliphatic hydroxyl groups excluding tert-OH is 1. The number of hydrogen-bond donors (Lipinski definition) is 3. The Morgan fingerprint density at radius 3 is 3.04 bits per heavy atom. The number of ether oxygens (including phenoxy) is 1. The van der Waals surface area contributed by atoms with Crippen molar-refractivity contribution in [2.24, 2.45) is 0 Å². The molecule has 1 aliphatic heterocycles. The number of aliphatic hydroxyl groups is 1. The lowest BCUT2D eigenvalue weighted by Crippen LogP contribution is -2.44. The van der Waals surface area contributed by atoms with Crippen molar-refractivity contribution in [2.75, 3.05) is 26.3 Å². The van der Waals surface area contributed by atoms with Gasteiger partial charge in [0.1, 0.15) is 6.10 Å². The van der Waals surface area contributed by atoms with Crippen molar-refractivity contribution >= 4 is 39.7 Å². The van der Waals surface area contributed by atoms with Crippen LogP contribution in [0, 0.1) is 0 Å². The van der Waals surface area contributed by atoms with Gasteiger partial charge in [-0.15, -0.1) is 23.7 Å². The van der Waals surface area contributed by atoms with Gasteiger partial charge in [0, 0.05) is 35.1 Å². The third kappa shape index (κ3) is 4.89. The second kappa shape index (κ2) is 8.61. The summed E-state index contributed by atoms with van der Waals surface area (Å²) in [6.45, 7) is 2.27. The van der Waals surface area contributed by atoms with Gasteiger partial charge in [0.25, 0.3) is 0 Å². The van der Waals surface area contributed by atoms with E-state index in [0.717, 1.165) is 21.5 Å². The van der Waals surface area contributed by atoms with E-state index in [-0.39, 0.29) is 30.9 Å². The van der Waals surface area contributed by atoms with Crippen molar-refractivity contribution in [1.29, 1.82) is 0 Å². The van der Waals surface area contributed by atoms with Crippen LogP contribution in [-0.4, -0.2) is 43.4 Å². The van der Waals surface area contributed by atoms with Crippen molar-refractivity contribution in [1.82, 2.24) is 10.6 Å². The summed E-state index contributed by atoms with van der Waals surface area (Å²) in [6.07, 6.45) is -0.295. The number of carbonyl (C=O) groups is 1. The first-order chi connectivity index (χ1) is 10.7. The zero-order valence-corrected chi connectivity index (χ0v) is 14.3. The highest BCUT2D eigenvalue weighted by Crippen LogP contribution is 2.29. The Morgan fingerprint density at radius 1 is 1.48 bits per heavy atom. The van der Waals surface area contributed by atoms with Crippen LogP contribution in [0.2, 0.25) is 0 Å². The number of fused-ring (bicyclic) bond motifs is 1. The zero-order valence-electron chi connectivity index (χ0n) is 12.7. The molecule has 0 aliphatic carbocycles. The molecule has 0 saturated carbocycles. The molecule has 0 spiro atoms. The van der Waals surface area contributed by atoms with Gasteiger partial charge >= 0.3 is 0 Å². The van der Waals surface area contributed by atoms with Gasteiger partial charge in [-0.05, 0) is 17.5 Å². The highest BCUT2D eigenvalue weighted by molar-refractivity contribution is 7.19. The maximum absolute atomic E-state index is 11.9. The molecule has 1 fully saturated rings. The van der Waals surface area contributed by atoms with Crippen molar-refractivity contribution in [3.05, 3.63) is 35.2 Å². The van der Waals surface area contributed by atoms with Crippen LogP contribution in [0.3, 0.4) is 0 Å². The summed E-state index contributed by atoms with van der Waals surface area (Å²) in [6, 6.07) is 10.1. The maximum atomic E-state index is 11.9. The fourth-order valence-electron chi connectivity index (χ4n) is 2.52. The predicted molar refractivity (Wildman–Crippen MR) is 94.3 cm³/mol. The van der Waals surface area contributed by atoms with Gasteiger partial charge in [-0.1, -0.05) is 18.2 Å². The predicted octanol–water partition coefficient (Wildman–Crippen LogP) is 1.85. The average molecular weight is 357 g/mol. The van der Waals surface area contributed by atoms with Crippen LogP contribution in [0.5, 0.6) is 0 Å². The number of nitrogens with one attached hydrogen (secondary N) is 2. The van der Waals surface area contributed by atoms with Crippen LogP contribution >= 0.6 is 23.7 Å². The number of hydrogen-bond acceptors (Lipinski definition) is 5. The normalized spacial score (nSPS) is 19.1. The number of carbonyl (C=O) groups excluding carboxylic acids is 1. The first kappa shape index (κ1) is 18.2. The van der Waals surface area contributed by atoms with Crippen molar-refractivity contribution in [3.63, 3.8) is 0 Å². The van der Waals surface area contributed by atoms with Gasteiger partial charge in [-0.3, -0.25) is 4.79 Å². The standard InChI is InChI=1S/C16H20N2O3S.ClH/c19-13(15-7-11-3-1-2-4-14(11)22-15)9-18-16(20)8-12-10-21-6-5-17-12;/h1-4,7,12-13,17,19H,5-6,8-10H2,(H,18,20);1H. The van der Waals surface area contributed by atoms with Crippen molar-refractivity contribution in [2.45, 2.75) is 18.6 Å². The van der Waals surface area contributed by atoms with Crippen molar-refractivity contribution < 1.29 is 14.6 Å². The van der Waals surface area contributed by atoms with E-state index in [1.54, 1.807) is 11.3 Å². The Hall–Kier alpha value is -1.18. The van der Waals surface area contributed by atoms with Gasteiger partial charge in [-0.2, -0.15) is 0 Å². The highest BCUT2D eigenvalue weighted by Gasteiger charge is 2.18. The summed E-state index contributed by atoms with van der Waals surface area (Å²) in [4.78, 5) is 12.8. The molecule has 0 radical (unpaired) electrons. The molecule has 1 aromatic heterocycles. The van der Waals surface area contributed by atoms with Crippen LogP contribution in [0.4, 0.5) is 0 Å². The van der Waals surface area contributed by atoms with E-state index in [1.807, 2.05) is 30.3 Å². The van der Waals surface area contributed by atoms with Gasteiger partial charge in [0.05, 0.1) is 13.2 Å². The van der Waals surface area contributed by atoms with Crippen LogP contribution in [0.15, 0.2) is 30.3 Å². The Morgan fingerprint density at radius 2 is 2.30 bits per heavy atom. The number of amides is 1. The maximum Gasteiger partial charge on any atom is 0.221 e. The molecular weight excluding hydrogens is 336 g/mol. The molecule has 3 N–H and O–H groups in total.